The van der Waals surface area contributed by atoms with Crippen molar-refractivity contribution in [3.63, 3.8) is 0 Å². The Morgan fingerprint density at radius 1 is 1.00 bits per heavy atom. The lowest BCUT2D eigenvalue weighted by Gasteiger charge is -2.15. The molecule has 0 aliphatic rings. The van der Waals surface area contributed by atoms with Gasteiger partial charge in [-0.05, 0) is 46.8 Å². The smallest absolute Gasteiger partial charge is 0.208 e. The van der Waals surface area contributed by atoms with Crippen molar-refractivity contribution < 1.29 is 18.3 Å². The Hall–Kier alpha value is -1.20. The highest BCUT2D eigenvalue weighted by atomic mass is 28.2. The van der Waals surface area contributed by atoms with Crippen molar-refractivity contribution >= 4 is 21.7 Å². The number of hydrogen-bond donors (Lipinski definition) is 0. The van der Waals surface area contributed by atoms with Gasteiger partial charge >= 0.3 is 0 Å². The van der Waals surface area contributed by atoms with E-state index in [4.69, 9.17) is 18.3 Å². The molecule has 0 fully saturated rings. The molecule has 0 saturated carbocycles. The Labute approximate surface area is 117 Å². The van der Waals surface area contributed by atoms with Gasteiger partial charge in [-0.3, -0.25) is 0 Å². The molecule has 2 heterocycles. The number of rotatable bonds is 4. The van der Waals surface area contributed by atoms with E-state index in [1.165, 1.54) is 0 Å². The van der Waals surface area contributed by atoms with Crippen LogP contribution in [-0.4, -0.2) is 29.3 Å². The SMILES string of the molecule is CC(C)(C)O[SiH3].CCOc1c(OCC)c2ccc1o2. The lowest BCUT2D eigenvalue weighted by Crippen LogP contribution is -2.16. The molecule has 108 valence electrons. The van der Waals surface area contributed by atoms with Crippen molar-refractivity contribution in [3.05, 3.63) is 12.1 Å². The molecule has 5 heteroatoms. The number of fused-ring (bicyclic) bond motifs is 2. The molecular formula is C14H24O4Si. The fourth-order valence-corrected chi connectivity index (χ4v) is 1.37. The lowest BCUT2D eigenvalue weighted by molar-refractivity contribution is 0.147. The average molecular weight is 284 g/mol. The first-order valence-electron chi connectivity index (χ1n) is 6.58. The molecule has 0 aliphatic carbocycles. The predicted octanol–water partition coefficient (Wildman–Crippen LogP) is 2.75. The third kappa shape index (κ3) is 4.43. The summed E-state index contributed by atoms with van der Waals surface area (Å²) < 4.78 is 21.3. The maximum Gasteiger partial charge on any atom is 0.208 e. The number of ether oxygens (including phenoxy) is 2. The second-order valence-electron chi connectivity index (χ2n) is 5.00. The van der Waals surface area contributed by atoms with E-state index in [-0.39, 0.29) is 5.60 Å². The molecule has 0 spiro atoms. The van der Waals surface area contributed by atoms with E-state index in [2.05, 4.69) is 20.8 Å². The highest BCUT2D eigenvalue weighted by Crippen LogP contribution is 2.42. The van der Waals surface area contributed by atoms with Gasteiger partial charge in [0.15, 0.2) is 11.2 Å². The van der Waals surface area contributed by atoms with Crippen molar-refractivity contribution in [1.29, 1.82) is 0 Å². The van der Waals surface area contributed by atoms with Crippen molar-refractivity contribution in [2.45, 2.75) is 40.2 Å². The van der Waals surface area contributed by atoms with Gasteiger partial charge < -0.3 is 18.3 Å². The van der Waals surface area contributed by atoms with Gasteiger partial charge in [0, 0.05) is 5.60 Å². The van der Waals surface area contributed by atoms with Crippen LogP contribution < -0.4 is 9.47 Å². The van der Waals surface area contributed by atoms with Gasteiger partial charge in [-0.15, -0.1) is 0 Å². The summed E-state index contributed by atoms with van der Waals surface area (Å²) in [5.41, 5.74) is 1.63. The molecule has 4 nitrogen and oxygen atoms in total. The van der Waals surface area contributed by atoms with Crippen LogP contribution in [0.25, 0.3) is 11.2 Å². The zero-order valence-electron chi connectivity index (χ0n) is 12.7. The topological polar surface area (TPSA) is 40.8 Å². The molecule has 0 N–H and O–H groups in total. The Morgan fingerprint density at radius 3 is 1.63 bits per heavy atom. The van der Waals surface area contributed by atoms with Crippen molar-refractivity contribution in [3.8, 4) is 11.5 Å². The zero-order valence-corrected chi connectivity index (χ0v) is 14.7. The van der Waals surface area contributed by atoms with Crippen LogP contribution >= 0.6 is 0 Å². The van der Waals surface area contributed by atoms with Gasteiger partial charge in [0.25, 0.3) is 0 Å². The summed E-state index contributed by atoms with van der Waals surface area (Å²) in [7, 11) is 0.848. The third-order valence-corrected chi connectivity index (χ3v) is 3.67. The van der Waals surface area contributed by atoms with Crippen LogP contribution in [0.3, 0.4) is 0 Å². The number of benzene rings is 1. The van der Waals surface area contributed by atoms with E-state index >= 15 is 0 Å². The highest BCUT2D eigenvalue weighted by Gasteiger charge is 2.18. The maximum absolute atomic E-state index is 5.42. The monoisotopic (exact) mass is 284 g/mol. The van der Waals surface area contributed by atoms with E-state index in [0.717, 1.165) is 33.2 Å². The van der Waals surface area contributed by atoms with Crippen molar-refractivity contribution in [2.24, 2.45) is 0 Å². The van der Waals surface area contributed by atoms with E-state index in [9.17, 15) is 0 Å². The zero-order chi connectivity index (χ0) is 14.5. The average Bonchev–Trinajstić information content (AvgIpc) is 2.93. The molecule has 0 aliphatic heterocycles. The molecule has 0 amide bonds. The normalized spacial score (nSPS) is 11.4. The van der Waals surface area contributed by atoms with Crippen LogP contribution in [0.5, 0.6) is 11.5 Å². The lowest BCUT2D eigenvalue weighted by atomic mass is 10.2. The minimum atomic E-state index is 0.103. The number of furan rings is 2. The molecule has 0 unspecified atom stereocenters. The minimum absolute atomic E-state index is 0.103. The van der Waals surface area contributed by atoms with E-state index < -0.39 is 0 Å². The highest BCUT2D eigenvalue weighted by molar-refractivity contribution is 5.98. The van der Waals surface area contributed by atoms with Gasteiger partial charge in [-0.2, -0.15) is 0 Å². The quantitative estimate of drug-likeness (QED) is 0.810. The summed E-state index contributed by atoms with van der Waals surface area (Å²) in [6.07, 6.45) is 0. The van der Waals surface area contributed by atoms with Crippen LogP contribution in [0.1, 0.15) is 34.6 Å². The fourth-order valence-electron chi connectivity index (χ4n) is 1.37. The van der Waals surface area contributed by atoms with Crippen LogP contribution in [-0.2, 0) is 4.43 Å². The molecule has 2 bridgehead atoms. The summed E-state index contributed by atoms with van der Waals surface area (Å²) in [5, 5.41) is 0. The van der Waals surface area contributed by atoms with Crippen molar-refractivity contribution in [2.75, 3.05) is 13.2 Å². The molecule has 0 saturated heterocycles. The van der Waals surface area contributed by atoms with Gasteiger partial charge in [-0.25, -0.2) is 0 Å². The summed E-state index contributed by atoms with van der Waals surface area (Å²) in [4.78, 5) is 0. The van der Waals surface area contributed by atoms with E-state index in [1.54, 1.807) is 0 Å². The second-order valence-corrected chi connectivity index (χ2v) is 5.41. The van der Waals surface area contributed by atoms with Crippen LogP contribution in [0.2, 0.25) is 0 Å². The standard InChI is InChI=1S/C10H12O3.C4H12OSi/c1-3-11-9-7-5-6-8(13-7)10(9)12-4-2;1-4(2,3)5-6/h5-6H,3-4H2,1-2H3;1-3,6H3. The third-order valence-electron chi connectivity index (χ3n) is 2.45. The summed E-state index contributed by atoms with van der Waals surface area (Å²) in [6.45, 7) is 11.3. The minimum Gasteiger partial charge on any atom is -0.487 e. The van der Waals surface area contributed by atoms with Gasteiger partial charge in [0.05, 0.1) is 13.2 Å². The van der Waals surface area contributed by atoms with E-state index in [0.29, 0.717) is 13.2 Å². The van der Waals surface area contributed by atoms with Crippen LogP contribution in [0.4, 0.5) is 0 Å². The Kier molecular flexibility index (Phi) is 5.69. The molecular weight excluding hydrogens is 260 g/mol. The summed E-state index contributed by atoms with van der Waals surface area (Å²) in [5.74, 6) is 1.48. The number of hydrogen-bond acceptors (Lipinski definition) is 4. The summed E-state index contributed by atoms with van der Waals surface area (Å²) >= 11 is 0. The maximum atomic E-state index is 5.42. The van der Waals surface area contributed by atoms with Gasteiger partial charge in [0.1, 0.15) is 10.5 Å². The molecule has 0 atom stereocenters. The fraction of sp³-hybridized carbons (Fsp3) is 0.571. The first kappa shape index (κ1) is 15.9. The Balaban J connectivity index is 0.000000258. The van der Waals surface area contributed by atoms with E-state index in [1.807, 2.05) is 26.0 Å². The predicted molar refractivity (Wildman–Crippen MR) is 80.5 cm³/mol. The first-order valence-corrected chi connectivity index (χ1v) is 7.40. The molecule has 2 rings (SSSR count). The Bertz CT molecular complexity index is 438. The van der Waals surface area contributed by atoms with Crippen LogP contribution in [0.15, 0.2) is 16.5 Å². The molecule has 0 aromatic carbocycles. The molecule has 2 aromatic heterocycles. The second kappa shape index (κ2) is 6.82. The van der Waals surface area contributed by atoms with Crippen LogP contribution in [0, 0.1) is 0 Å². The van der Waals surface area contributed by atoms with Gasteiger partial charge in [-0.1, -0.05) is 0 Å². The molecule has 19 heavy (non-hydrogen) atoms. The first-order chi connectivity index (χ1) is 8.92. The molecule has 2 aromatic rings. The van der Waals surface area contributed by atoms with Crippen molar-refractivity contribution in [1.82, 2.24) is 0 Å². The van der Waals surface area contributed by atoms with Gasteiger partial charge in [0.2, 0.25) is 11.5 Å². The Morgan fingerprint density at radius 2 is 1.37 bits per heavy atom. The summed E-state index contributed by atoms with van der Waals surface area (Å²) in [6, 6.07) is 3.78. The largest absolute Gasteiger partial charge is 0.487 e. The molecule has 0 radical (unpaired) electrons.